The van der Waals surface area contributed by atoms with Crippen LogP contribution in [0.15, 0.2) is 47.5 Å². The molecule has 0 unspecified atom stereocenters. The second-order valence-electron chi connectivity index (χ2n) is 3.37. The molecule has 1 heterocycles. The third-order valence-corrected chi connectivity index (χ3v) is 2.24. The van der Waals surface area contributed by atoms with Gasteiger partial charge in [-0.2, -0.15) is 0 Å². The van der Waals surface area contributed by atoms with Crippen molar-refractivity contribution in [2.24, 2.45) is 5.73 Å². The SMILES string of the molecule is NC/C=C/c1cccc(-n2cc[nH]c2=O)c1. The minimum absolute atomic E-state index is 0.139. The zero-order valence-electron chi connectivity index (χ0n) is 8.76. The molecular formula is C12H13N3O. The second kappa shape index (κ2) is 4.63. The van der Waals surface area contributed by atoms with Crippen LogP contribution < -0.4 is 11.4 Å². The molecule has 4 nitrogen and oxygen atoms in total. The number of imidazole rings is 1. The van der Waals surface area contributed by atoms with E-state index in [4.69, 9.17) is 5.73 Å². The number of aromatic nitrogens is 2. The van der Waals surface area contributed by atoms with Crippen LogP contribution in [0.4, 0.5) is 0 Å². The first kappa shape index (κ1) is 10.4. The molecule has 82 valence electrons. The maximum Gasteiger partial charge on any atom is 0.330 e. The van der Waals surface area contributed by atoms with Gasteiger partial charge in [-0.3, -0.25) is 4.57 Å². The Morgan fingerprint density at radius 1 is 1.44 bits per heavy atom. The number of nitrogens with two attached hydrogens (primary N) is 1. The van der Waals surface area contributed by atoms with Gasteiger partial charge in [-0.05, 0) is 17.7 Å². The van der Waals surface area contributed by atoms with E-state index in [1.807, 2.05) is 36.4 Å². The Kier molecular flexibility index (Phi) is 3.03. The van der Waals surface area contributed by atoms with Gasteiger partial charge in [-0.15, -0.1) is 0 Å². The van der Waals surface area contributed by atoms with Gasteiger partial charge in [-0.1, -0.05) is 24.3 Å². The highest BCUT2D eigenvalue weighted by Crippen LogP contribution is 2.09. The predicted molar refractivity (Wildman–Crippen MR) is 64.5 cm³/mol. The van der Waals surface area contributed by atoms with E-state index >= 15 is 0 Å². The summed E-state index contributed by atoms with van der Waals surface area (Å²) in [6.45, 7) is 0.508. The van der Waals surface area contributed by atoms with Crippen molar-refractivity contribution in [1.29, 1.82) is 0 Å². The van der Waals surface area contributed by atoms with Gasteiger partial charge in [0.25, 0.3) is 0 Å². The van der Waals surface area contributed by atoms with Gasteiger partial charge in [0.05, 0.1) is 5.69 Å². The van der Waals surface area contributed by atoms with E-state index in [0.29, 0.717) is 6.54 Å². The highest BCUT2D eigenvalue weighted by atomic mass is 16.1. The van der Waals surface area contributed by atoms with Crippen molar-refractivity contribution >= 4 is 6.08 Å². The highest BCUT2D eigenvalue weighted by molar-refractivity contribution is 5.53. The first-order valence-electron chi connectivity index (χ1n) is 5.04. The van der Waals surface area contributed by atoms with E-state index in [9.17, 15) is 4.79 Å². The summed E-state index contributed by atoms with van der Waals surface area (Å²) in [5.41, 5.74) is 7.11. The zero-order chi connectivity index (χ0) is 11.4. The van der Waals surface area contributed by atoms with Gasteiger partial charge < -0.3 is 10.7 Å². The molecule has 0 spiro atoms. The maximum atomic E-state index is 11.4. The van der Waals surface area contributed by atoms with Crippen molar-refractivity contribution in [2.75, 3.05) is 6.54 Å². The summed E-state index contributed by atoms with van der Waals surface area (Å²) in [6, 6.07) is 7.69. The number of rotatable bonds is 3. The molecule has 0 amide bonds. The number of hydrogen-bond donors (Lipinski definition) is 2. The van der Waals surface area contributed by atoms with E-state index in [0.717, 1.165) is 11.3 Å². The lowest BCUT2D eigenvalue weighted by molar-refractivity contribution is 0.987. The van der Waals surface area contributed by atoms with Gasteiger partial charge in [0.15, 0.2) is 0 Å². The standard InChI is InChI=1S/C12H13N3O/c13-6-2-4-10-3-1-5-11(9-10)15-8-7-14-12(15)16/h1-5,7-9H,6,13H2,(H,14,16)/b4-2+. The summed E-state index contributed by atoms with van der Waals surface area (Å²) in [5, 5.41) is 0. The third kappa shape index (κ3) is 2.12. The molecule has 0 radical (unpaired) electrons. The Balaban J connectivity index is 2.40. The molecule has 0 aliphatic heterocycles. The Morgan fingerprint density at radius 3 is 3.00 bits per heavy atom. The average molecular weight is 215 g/mol. The molecule has 0 saturated heterocycles. The van der Waals surface area contributed by atoms with Crippen LogP contribution in [-0.2, 0) is 0 Å². The Hall–Kier alpha value is -2.07. The predicted octanol–water partition coefficient (Wildman–Crippen LogP) is 1.14. The number of benzene rings is 1. The fourth-order valence-electron chi connectivity index (χ4n) is 1.51. The molecule has 0 saturated carbocycles. The monoisotopic (exact) mass is 215 g/mol. The molecule has 2 aromatic rings. The average Bonchev–Trinajstić information content (AvgIpc) is 2.73. The van der Waals surface area contributed by atoms with Crippen molar-refractivity contribution < 1.29 is 0 Å². The van der Waals surface area contributed by atoms with Crippen molar-refractivity contribution in [1.82, 2.24) is 9.55 Å². The zero-order valence-corrected chi connectivity index (χ0v) is 8.76. The first-order chi connectivity index (χ1) is 7.81. The molecule has 4 heteroatoms. The van der Waals surface area contributed by atoms with Crippen LogP contribution in [0.5, 0.6) is 0 Å². The first-order valence-corrected chi connectivity index (χ1v) is 5.04. The molecule has 1 aromatic heterocycles. The molecule has 0 atom stereocenters. The molecule has 0 aliphatic rings. The van der Waals surface area contributed by atoms with E-state index in [1.165, 1.54) is 0 Å². The van der Waals surface area contributed by atoms with Crippen LogP contribution in [0, 0.1) is 0 Å². The van der Waals surface area contributed by atoms with E-state index in [2.05, 4.69) is 4.98 Å². The van der Waals surface area contributed by atoms with Crippen LogP contribution in [0.2, 0.25) is 0 Å². The van der Waals surface area contributed by atoms with E-state index in [-0.39, 0.29) is 5.69 Å². The van der Waals surface area contributed by atoms with E-state index in [1.54, 1.807) is 17.0 Å². The van der Waals surface area contributed by atoms with Gasteiger partial charge in [-0.25, -0.2) is 4.79 Å². The van der Waals surface area contributed by atoms with Crippen LogP contribution in [-0.4, -0.2) is 16.1 Å². The minimum atomic E-state index is -0.139. The summed E-state index contributed by atoms with van der Waals surface area (Å²) in [6.07, 6.45) is 7.12. The Labute approximate surface area is 93.0 Å². The summed E-state index contributed by atoms with van der Waals surface area (Å²) in [4.78, 5) is 14.0. The lowest BCUT2D eigenvalue weighted by Crippen LogP contribution is -2.13. The quantitative estimate of drug-likeness (QED) is 0.806. The third-order valence-electron chi connectivity index (χ3n) is 2.24. The second-order valence-corrected chi connectivity index (χ2v) is 3.37. The minimum Gasteiger partial charge on any atom is -0.327 e. The van der Waals surface area contributed by atoms with Crippen molar-refractivity contribution in [2.45, 2.75) is 0 Å². The van der Waals surface area contributed by atoms with Crippen molar-refractivity contribution in [3.05, 3.63) is 58.8 Å². The van der Waals surface area contributed by atoms with Crippen LogP contribution in [0.25, 0.3) is 11.8 Å². The lowest BCUT2D eigenvalue weighted by Gasteiger charge is -2.01. The summed E-state index contributed by atoms with van der Waals surface area (Å²) >= 11 is 0. The lowest BCUT2D eigenvalue weighted by atomic mass is 10.2. The van der Waals surface area contributed by atoms with Crippen LogP contribution >= 0.6 is 0 Å². The summed E-state index contributed by atoms with van der Waals surface area (Å²) in [7, 11) is 0. The molecule has 16 heavy (non-hydrogen) atoms. The van der Waals surface area contributed by atoms with Crippen molar-refractivity contribution in [3.8, 4) is 5.69 Å². The molecule has 0 aliphatic carbocycles. The number of aromatic amines is 1. The Bertz CT molecular complexity index is 551. The van der Waals surface area contributed by atoms with Crippen LogP contribution in [0.3, 0.4) is 0 Å². The number of H-pyrrole nitrogens is 1. The molecular weight excluding hydrogens is 202 g/mol. The number of hydrogen-bond acceptors (Lipinski definition) is 2. The largest absolute Gasteiger partial charge is 0.330 e. The molecule has 0 fully saturated rings. The fourth-order valence-corrected chi connectivity index (χ4v) is 1.51. The number of nitrogens with one attached hydrogen (secondary N) is 1. The number of nitrogens with zero attached hydrogens (tertiary/aromatic N) is 1. The maximum absolute atomic E-state index is 11.4. The van der Waals surface area contributed by atoms with E-state index < -0.39 is 0 Å². The van der Waals surface area contributed by atoms with Crippen LogP contribution in [0.1, 0.15) is 5.56 Å². The van der Waals surface area contributed by atoms with Gasteiger partial charge in [0, 0.05) is 18.9 Å². The molecule has 2 rings (SSSR count). The normalized spacial score (nSPS) is 11.1. The molecule has 1 aromatic carbocycles. The smallest absolute Gasteiger partial charge is 0.327 e. The fraction of sp³-hybridized carbons (Fsp3) is 0.0833. The molecule has 3 N–H and O–H groups in total. The topological polar surface area (TPSA) is 63.8 Å². The van der Waals surface area contributed by atoms with Gasteiger partial charge in [0.1, 0.15) is 0 Å². The summed E-state index contributed by atoms with van der Waals surface area (Å²) < 4.78 is 1.56. The highest BCUT2D eigenvalue weighted by Gasteiger charge is 1.99. The van der Waals surface area contributed by atoms with Gasteiger partial charge in [0.2, 0.25) is 0 Å². The van der Waals surface area contributed by atoms with Gasteiger partial charge >= 0.3 is 5.69 Å². The van der Waals surface area contributed by atoms with Crippen molar-refractivity contribution in [3.63, 3.8) is 0 Å². The molecule has 0 bridgehead atoms. The Morgan fingerprint density at radius 2 is 2.31 bits per heavy atom. The summed E-state index contributed by atoms with van der Waals surface area (Å²) in [5.74, 6) is 0.